The molecule has 0 aliphatic rings. The number of halogens is 1. The third-order valence-electron chi connectivity index (χ3n) is 3.04. The van der Waals surface area contributed by atoms with Gasteiger partial charge in [0.25, 0.3) is 0 Å². The monoisotopic (exact) mass is 348 g/mol. The van der Waals surface area contributed by atoms with Gasteiger partial charge in [0.1, 0.15) is 5.75 Å². The van der Waals surface area contributed by atoms with Crippen LogP contribution in [-0.4, -0.2) is 11.0 Å². The molecule has 2 aromatic rings. The zero-order valence-electron chi connectivity index (χ0n) is 11.7. The molecule has 0 heterocycles. The van der Waals surface area contributed by atoms with Gasteiger partial charge in [0.15, 0.2) is 0 Å². The van der Waals surface area contributed by atoms with Gasteiger partial charge in [0, 0.05) is 29.9 Å². The highest BCUT2D eigenvalue weighted by molar-refractivity contribution is 9.10. The normalized spacial score (nSPS) is 10.2. The molecule has 0 fully saturated rings. The lowest BCUT2D eigenvalue weighted by Crippen LogP contribution is -2.09. The summed E-state index contributed by atoms with van der Waals surface area (Å²) in [4.78, 5) is 11.3. The van der Waals surface area contributed by atoms with E-state index in [1.165, 1.54) is 0 Å². The predicted octanol–water partition coefficient (Wildman–Crippen LogP) is 4.12. The molecule has 0 spiro atoms. The van der Waals surface area contributed by atoms with Gasteiger partial charge in [-0.3, -0.25) is 4.79 Å². The van der Waals surface area contributed by atoms with Gasteiger partial charge in [-0.2, -0.15) is 0 Å². The Bertz CT molecular complexity index is 627. The number of phenols is 1. The van der Waals surface area contributed by atoms with Crippen LogP contribution < -0.4 is 10.6 Å². The van der Waals surface area contributed by atoms with E-state index in [0.29, 0.717) is 17.4 Å². The van der Waals surface area contributed by atoms with Crippen LogP contribution in [0.2, 0.25) is 0 Å². The Kier molecular flexibility index (Phi) is 5.22. The van der Waals surface area contributed by atoms with E-state index >= 15 is 0 Å². The van der Waals surface area contributed by atoms with Crippen LogP contribution in [0.3, 0.4) is 0 Å². The SMILES string of the molecule is CCC(=O)Nc1ccc(NCc2cccc(Br)c2O)cc1. The highest BCUT2D eigenvalue weighted by Gasteiger charge is 2.04. The minimum absolute atomic E-state index is 0.00485. The number of para-hydroxylation sites is 1. The molecule has 110 valence electrons. The summed E-state index contributed by atoms with van der Waals surface area (Å²) in [6.07, 6.45) is 0.460. The minimum Gasteiger partial charge on any atom is -0.506 e. The van der Waals surface area contributed by atoms with Crippen LogP contribution in [0.5, 0.6) is 5.75 Å². The van der Waals surface area contributed by atoms with Crippen molar-refractivity contribution in [1.29, 1.82) is 0 Å². The molecule has 0 atom stereocenters. The van der Waals surface area contributed by atoms with Crippen LogP contribution in [-0.2, 0) is 11.3 Å². The average Bonchev–Trinajstić information content (AvgIpc) is 2.50. The summed E-state index contributed by atoms with van der Waals surface area (Å²) in [6, 6.07) is 13.0. The lowest BCUT2D eigenvalue weighted by molar-refractivity contribution is -0.115. The molecule has 21 heavy (non-hydrogen) atoms. The molecule has 0 saturated heterocycles. The first-order valence-corrected chi connectivity index (χ1v) is 7.49. The van der Waals surface area contributed by atoms with Crippen LogP contribution in [0.25, 0.3) is 0 Å². The Balaban J connectivity index is 1.97. The van der Waals surface area contributed by atoms with E-state index in [9.17, 15) is 9.90 Å². The number of aromatic hydroxyl groups is 1. The maximum atomic E-state index is 11.3. The molecule has 3 N–H and O–H groups in total. The average molecular weight is 349 g/mol. The molecule has 2 aromatic carbocycles. The van der Waals surface area contributed by atoms with Crippen LogP contribution in [0.15, 0.2) is 46.9 Å². The third-order valence-corrected chi connectivity index (χ3v) is 3.68. The number of benzene rings is 2. The van der Waals surface area contributed by atoms with Crippen LogP contribution >= 0.6 is 15.9 Å². The number of phenolic OH excluding ortho intramolecular Hbond substituents is 1. The second-order valence-electron chi connectivity index (χ2n) is 4.58. The number of hydrogen-bond acceptors (Lipinski definition) is 3. The summed E-state index contributed by atoms with van der Waals surface area (Å²) in [7, 11) is 0. The number of rotatable bonds is 5. The summed E-state index contributed by atoms with van der Waals surface area (Å²) < 4.78 is 0.680. The van der Waals surface area contributed by atoms with Crippen LogP contribution in [0, 0.1) is 0 Å². The van der Waals surface area contributed by atoms with Gasteiger partial charge in [-0.05, 0) is 46.3 Å². The summed E-state index contributed by atoms with van der Waals surface area (Å²) in [6.45, 7) is 2.33. The molecule has 0 radical (unpaired) electrons. The van der Waals surface area contributed by atoms with Crippen LogP contribution in [0.1, 0.15) is 18.9 Å². The molecule has 0 aromatic heterocycles. The van der Waals surface area contributed by atoms with Crippen molar-refractivity contribution in [2.75, 3.05) is 10.6 Å². The molecular formula is C16H17BrN2O2. The Morgan fingerprint density at radius 3 is 2.48 bits per heavy atom. The lowest BCUT2D eigenvalue weighted by Gasteiger charge is -2.10. The van der Waals surface area contributed by atoms with Crippen molar-refractivity contribution in [3.8, 4) is 5.75 Å². The first-order valence-electron chi connectivity index (χ1n) is 6.70. The van der Waals surface area contributed by atoms with Gasteiger partial charge in [-0.1, -0.05) is 19.1 Å². The van der Waals surface area contributed by atoms with Gasteiger partial charge in [0.05, 0.1) is 4.47 Å². The molecule has 0 bridgehead atoms. The maximum absolute atomic E-state index is 11.3. The minimum atomic E-state index is -0.00485. The lowest BCUT2D eigenvalue weighted by atomic mass is 10.2. The molecule has 1 amide bonds. The van der Waals surface area contributed by atoms with Gasteiger partial charge in [-0.25, -0.2) is 0 Å². The largest absolute Gasteiger partial charge is 0.506 e. The van der Waals surface area contributed by atoms with E-state index < -0.39 is 0 Å². The molecule has 0 unspecified atom stereocenters. The number of anilines is 2. The van der Waals surface area contributed by atoms with Gasteiger partial charge < -0.3 is 15.7 Å². The maximum Gasteiger partial charge on any atom is 0.224 e. The Morgan fingerprint density at radius 2 is 1.81 bits per heavy atom. The van der Waals surface area contributed by atoms with Crippen molar-refractivity contribution in [3.63, 3.8) is 0 Å². The summed E-state index contributed by atoms with van der Waals surface area (Å²) in [5.74, 6) is 0.242. The number of carbonyl (C=O) groups is 1. The van der Waals surface area contributed by atoms with Gasteiger partial charge in [0.2, 0.25) is 5.91 Å². The van der Waals surface area contributed by atoms with E-state index in [1.807, 2.05) is 43.3 Å². The van der Waals surface area contributed by atoms with E-state index in [1.54, 1.807) is 6.07 Å². The van der Waals surface area contributed by atoms with E-state index in [-0.39, 0.29) is 11.7 Å². The Hall–Kier alpha value is -2.01. The number of nitrogens with one attached hydrogen (secondary N) is 2. The van der Waals surface area contributed by atoms with Crippen molar-refractivity contribution in [1.82, 2.24) is 0 Å². The Morgan fingerprint density at radius 1 is 1.14 bits per heavy atom. The molecule has 2 rings (SSSR count). The van der Waals surface area contributed by atoms with Crippen molar-refractivity contribution in [3.05, 3.63) is 52.5 Å². The standard InChI is InChI=1S/C16H17BrN2O2/c1-2-15(20)19-13-8-6-12(7-9-13)18-10-11-4-3-5-14(17)16(11)21/h3-9,18,21H,2,10H2,1H3,(H,19,20). The topological polar surface area (TPSA) is 61.4 Å². The first-order chi connectivity index (χ1) is 10.1. The fraction of sp³-hybridized carbons (Fsp3) is 0.188. The van der Waals surface area contributed by atoms with E-state index in [0.717, 1.165) is 16.9 Å². The summed E-state index contributed by atoms with van der Waals surface area (Å²) in [5.41, 5.74) is 2.51. The molecule has 0 saturated carbocycles. The van der Waals surface area contributed by atoms with Crippen molar-refractivity contribution in [2.24, 2.45) is 0 Å². The van der Waals surface area contributed by atoms with Crippen molar-refractivity contribution in [2.45, 2.75) is 19.9 Å². The highest BCUT2D eigenvalue weighted by Crippen LogP contribution is 2.28. The quantitative estimate of drug-likeness (QED) is 0.761. The fourth-order valence-corrected chi connectivity index (χ4v) is 2.23. The zero-order valence-corrected chi connectivity index (χ0v) is 13.3. The van der Waals surface area contributed by atoms with E-state index in [4.69, 9.17) is 0 Å². The zero-order chi connectivity index (χ0) is 15.2. The van der Waals surface area contributed by atoms with Crippen LogP contribution in [0.4, 0.5) is 11.4 Å². The van der Waals surface area contributed by atoms with Crippen molar-refractivity contribution < 1.29 is 9.90 Å². The number of hydrogen-bond donors (Lipinski definition) is 3. The highest BCUT2D eigenvalue weighted by atomic mass is 79.9. The third kappa shape index (κ3) is 4.23. The molecule has 0 aliphatic heterocycles. The van der Waals surface area contributed by atoms with Gasteiger partial charge in [-0.15, -0.1) is 0 Å². The van der Waals surface area contributed by atoms with Gasteiger partial charge >= 0.3 is 0 Å². The van der Waals surface area contributed by atoms with E-state index in [2.05, 4.69) is 26.6 Å². The smallest absolute Gasteiger partial charge is 0.224 e. The Labute approximate surface area is 132 Å². The summed E-state index contributed by atoms with van der Waals surface area (Å²) in [5, 5.41) is 15.9. The molecular weight excluding hydrogens is 332 g/mol. The van der Waals surface area contributed by atoms with Crippen molar-refractivity contribution >= 4 is 33.2 Å². The molecule has 0 aliphatic carbocycles. The predicted molar refractivity (Wildman–Crippen MR) is 88.5 cm³/mol. The first kappa shape index (κ1) is 15.4. The fourth-order valence-electron chi connectivity index (χ4n) is 1.82. The summed E-state index contributed by atoms with van der Waals surface area (Å²) >= 11 is 3.29. The number of carbonyl (C=O) groups excluding carboxylic acids is 1. The number of amides is 1. The second-order valence-corrected chi connectivity index (χ2v) is 5.43. The second kappa shape index (κ2) is 7.13. The molecule has 5 heteroatoms. The molecule has 4 nitrogen and oxygen atoms in total.